The van der Waals surface area contributed by atoms with Crippen LogP contribution in [0.15, 0.2) is 42.5 Å². The van der Waals surface area contributed by atoms with Crippen molar-refractivity contribution in [3.05, 3.63) is 64.4 Å². The fourth-order valence-corrected chi connectivity index (χ4v) is 2.46. The van der Waals surface area contributed by atoms with Crippen LogP contribution in [0, 0.1) is 5.82 Å². The van der Waals surface area contributed by atoms with Crippen molar-refractivity contribution in [1.82, 2.24) is 0 Å². The summed E-state index contributed by atoms with van der Waals surface area (Å²) in [7, 11) is 1.97. The Morgan fingerprint density at radius 1 is 1.25 bits per heavy atom. The molecule has 2 rings (SSSR count). The van der Waals surface area contributed by atoms with Crippen LogP contribution in [0.25, 0.3) is 0 Å². The molecule has 0 aromatic heterocycles. The van der Waals surface area contributed by atoms with Gasteiger partial charge in [0.15, 0.2) is 0 Å². The van der Waals surface area contributed by atoms with Crippen molar-refractivity contribution >= 4 is 17.3 Å². The van der Waals surface area contributed by atoms with E-state index in [2.05, 4.69) is 11.8 Å². The lowest BCUT2D eigenvalue weighted by atomic mass is 10.0. The highest BCUT2D eigenvalue weighted by Gasteiger charge is 2.15. The summed E-state index contributed by atoms with van der Waals surface area (Å²) in [6, 6.07) is 12.6. The first-order valence-electron chi connectivity index (χ1n) is 6.49. The summed E-state index contributed by atoms with van der Waals surface area (Å²) in [5.41, 5.74) is 8.53. The summed E-state index contributed by atoms with van der Waals surface area (Å²) in [4.78, 5) is 2.08. The number of nitrogens with zero attached hydrogens (tertiary/aromatic N) is 1. The average Bonchev–Trinajstić information content (AvgIpc) is 2.45. The second-order valence-electron chi connectivity index (χ2n) is 4.82. The quantitative estimate of drug-likeness (QED) is 0.918. The van der Waals surface area contributed by atoms with E-state index in [0.29, 0.717) is 11.6 Å². The van der Waals surface area contributed by atoms with Crippen molar-refractivity contribution in [2.24, 2.45) is 5.73 Å². The third kappa shape index (κ3) is 3.11. The molecule has 4 heteroatoms. The van der Waals surface area contributed by atoms with Gasteiger partial charge in [0.05, 0.1) is 6.04 Å². The van der Waals surface area contributed by atoms with Crippen LogP contribution < -0.4 is 10.6 Å². The van der Waals surface area contributed by atoms with Gasteiger partial charge in [0.25, 0.3) is 0 Å². The van der Waals surface area contributed by atoms with Crippen LogP contribution in [0.1, 0.15) is 24.1 Å². The average molecular weight is 293 g/mol. The molecule has 0 radical (unpaired) electrons. The Morgan fingerprint density at radius 2 is 2.00 bits per heavy atom. The number of hydrogen-bond acceptors (Lipinski definition) is 2. The third-order valence-electron chi connectivity index (χ3n) is 3.55. The minimum atomic E-state index is -0.266. The number of nitrogens with two attached hydrogens (primary N) is 1. The number of anilines is 1. The molecule has 2 nitrogen and oxygen atoms in total. The molecule has 2 aromatic rings. The Bertz CT molecular complexity index is 601. The first kappa shape index (κ1) is 14.8. The maximum atomic E-state index is 13.3. The molecule has 0 bridgehead atoms. The highest BCUT2D eigenvalue weighted by molar-refractivity contribution is 6.30. The second kappa shape index (κ2) is 6.25. The van der Waals surface area contributed by atoms with Gasteiger partial charge in [-0.15, -0.1) is 0 Å². The molecule has 0 aliphatic rings. The molecule has 106 valence electrons. The van der Waals surface area contributed by atoms with Gasteiger partial charge in [-0.3, -0.25) is 0 Å². The van der Waals surface area contributed by atoms with Crippen LogP contribution in [0.2, 0.25) is 5.02 Å². The zero-order chi connectivity index (χ0) is 14.7. The van der Waals surface area contributed by atoms with Gasteiger partial charge in [0.2, 0.25) is 0 Å². The van der Waals surface area contributed by atoms with Crippen LogP contribution in [0.4, 0.5) is 10.1 Å². The van der Waals surface area contributed by atoms with E-state index in [4.69, 9.17) is 17.3 Å². The Hall–Kier alpha value is -1.58. The second-order valence-corrected chi connectivity index (χ2v) is 5.26. The minimum absolute atomic E-state index is 0.115. The molecule has 0 saturated carbocycles. The smallest absolute Gasteiger partial charge is 0.123 e. The van der Waals surface area contributed by atoms with Crippen molar-refractivity contribution in [3.8, 4) is 0 Å². The molecule has 0 fully saturated rings. The Balaban J connectivity index is 2.33. The van der Waals surface area contributed by atoms with E-state index >= 15 is 0 Å². The molecule has 0 aliphatic heterocycles. The zero-order valence-electron chi connectivity index (χ0n) is 11.6. The summed E-state index contributed by atoms with van der Waals surface area (Å²) >= 11 is 6.03. The van der Waals surface area contributed by atoms with Gasteiger partial charge in [0.1, 0.15) is 5.82 Å². The highest BCUT2D eigenvalue weighted by atomic mass is 35.5. The minimum Gasteiger partial charge on any atom is -0.368 e. The van der Waals surface area contributed by atoms with Crippen molar-refractivity contribution in [2.75, 3.05) is 11.9 Å². The predicted molar refractivity (Wildman–Crippen MR) is 82.6 cm³/mol. The summed E-state index contributed by atoms with van der Waals surface area (Å²) in [5.74, 6) is -0.266. The van der Waals surface area contributed by atoms with E-state index in [1.165, 1.54) is 12.1 Å². The van der Waals surface area contributed by atoms with Crippen molar-refractivity contribution < 1.29 is 4.39 Å². The standard InChI is InChI=1S/C16H18ClFN2/c1-11(12-4-3-5-14(17)8-12)20(2)16-7-6-15(18)9-13(16)10-19/h3-9,11H,10,19H2,1-2H3. The third-order valence-corrected chi connectivity index (χ3v) is 3.79. The summed E-state index contributed by atoms with van der Waals surface area (Å²) in [6.07, 6.45) is 0. The van der Waals surface area contributed by atoms with E-state index in [0.717, 1.165) is 16.8 Å². The van der Waals surface area contributed by atoms with Gasteiger partial charge < -0.3 is 10.6 Å². The number of halogens is 2. The number of benzene rings is 2. The van der Waals surface area contributed by atoms with E-state index in [-0.39, 0.29) is 11.9 Å². The first-order chi connectivity index (χ1) is 9.52. The largest absolute Gasteiger partial charge is 0.368 e. The van der Waals surface area contributed by atoms with Crippen LogP contribution in [0.5, 0.6) is 0 Å². The Labute approximate surface area is 124 Å². The molecule has 1 atom stereocenters. The lowest BCUT2D eigenvalue weighted by molar-refractivity contribution is 0.624. The van der Waals surface area contributed by atoms with Gasteiger partial charge in [-0.2, -0.15) is 0 Å². The zero-order valence-corrected chi connectivity index (χ0v) is 12.4. The molecule has 1 unspecified atom stereocenters. The molecule has 0 heterocycles. The number of rotatable bonds is 4. The molecule has 0 amide bonds. The highest BCUT2D eigenvalue weighted by Crippen LogP contribution is 2.29. The number of hydrogen-bond donors (Lipinski definition) is 1. The fourth-order valence-electron chi connectivity index (χ4n) is 2.26. The van der Waals surface area contributed by atoms with Gasteiger partial charge in [-0.05, 0) is 48.4 Å². The molecule has 0 spiro atoms. The molecular formula is C16H18ClFN2. The van der Waals surface area contributed by atoms with Crippen LogP contribution in [-0.4, -0.2) is 7.05 Å². The SMILES string of the molecule is CC(c1cccc(Cl)c1)N(C)c1ccc(F)cc1CN. The summed E-state index contributed by atoms with van der Waals surface area (Å²) < 4.78 is 13.3. The normalized spacial score (nSPS) is 12.2. The first-order valence-corrected chi connectivity index (χ1v) is 6.87. The fraction of sp³-hybridized carbons (Fsp3) is 0.250. The van der Waals surface area contributed by atoms with Crippen LogP contribution in [0.3, 0.4) is 0 Å². The molecule has 20 heavy (non-hydrogen) atoms. The van der Waals surface area contributed by atoms with Gasteiger partial charge in [-0.1, -0.05) is 23.7 Å². The molecule has 2 aromatic carbocycles. The van der Waals surface area contributed by atoms with Crippen LogP contribution >= 0.6 is 11.6 Å². The van der Waals surface area contributed by atoms with Crippen molar-refractivity contribution in [3.63, 3.8) is 0 Å². The molecule has 2 N–H and O–H groups in total. The topological polar surface area (TPSA) is 29.3 Å². The molecule has 0 aliphatic carbocycles. The Morgan fingerprint density at radius 3 is 2.65 bits per heavy atom. The summed E-state index contributed by atoms with van der Waals surface area (Å²) in [6.45, 7) is 2.38. The maximum Gasteiger partial charge on any atom is 0.123 e. The Kier molecular flexibility index (Phi) is 4.63. The lowest BCUT2D eigenvalue weighted by Gasteiger charge is -2.29. The van der Waals surface area contributed by atoms with Gasteiger partial charge in [0, 0.05) is 24.3 Å². The maximum absolute atomic E-state index is 13.3. The lowest BCUT2D eigenvalue weighted by Crippen LogP contribution is -2.23. The van der Waals surface area contributed by atoms with Gasteiger partial charge in [-0.25, -0.2) is 4.39 Å². The van der Waals surface area contributed by atoms with Crippen molar-refractivity contribution in [2.45, 2.75) is 19.5 Å². The van der Waals surface area contributed by atoms with E-state index in [1.54, 1.807) is 6.07 Å². The predicted octanol–water partition coefficient (Wildman–Crippen LogP) is 4.14. The van der Waals surface area contributed by atoms with Crippen LogP contribution in [-0.2, 0) is 6.54 Å². The summed E-state index contributed by atoms with van der Waals surface area (Å²) in [5, 5.41) is 0.709. The van der Waals surface area contributed by atoms with E-state index in [9.17, 15) is 4.39 Å². The van der Waals surface area contributed by atoms with Gasteiger partial charge >= 0.3 is 0 Å². The monoisotopic (exact) mass is 292 g/mol. The molecular weight excluding hydrogens is 275 g/mol. The van der Waals surface area contributed by atoms with Crippen molar-refractivity contribution in [1.29, 1.82) is 0 Å². The van der Waals surface area contributed by atoms with E-state index < -0.39 is 0 Å². The molecule has 0 saturated heterocycles. The van der Waals surface area contributed by atoms with E-state index in [1.807, 2.05) is 31.3 Å².